The molecule has 1 saturated carbocycles. The lowest BCUT2D eigenvalue weighted by molar-refractivity contribution is 0.0869. The molecule has 0 spiro atoms. The van der Waals surface area contributed by atoms with E-state index in [9.17, 15) is 0 Å². The zero-order chi connectivity index (χ0) is 12.5. The first-order valence-electron chi connectivity index (χ1n) is 7.92. The summed E-state index contributed by atoms with van der Waals surface area (Å²) in [5.74, 6) is 0. The third kappa shape index (κ3) is 2.80. The number of piperidine rings is 2. The third-order valence-electron chi connectivity index (χ3n) is 5.15. The summed E-state index contributed by atoms with van der Waals surface area (Å²) in [6.45, 7) is 9.96. The van der Waals surface area contributed by atoms with Crippen LogP contribution in [0.15, 0.2) is 11.1 Å². The molecule has 1 aliphatic carbocycles. The van der Waals surface area contributed by atoms with Crippen LogP contribution in [-0.4, -0.2) is 48.1 Å². The van der Waals surface area contributed by atoms with Crippen molar-refractivity contribution in [1.29, 1.82) is 0 Å². The first-order valence-corrected chi connectivity index (χ1v) is 7.92. The Morgan fingerprint density at radius 1 is 0.833 bits per heavy atom. The average molecular weight is 248 g/mol. The Kier molecular flexibility index (Phi) is 3.76. The summed E-state index contributed by atoms with van der Waals surface area (Å²) in [4.78, 5) is 5.42. The summed E-state index contributed by atoms with van der Waals surface area (Å²) in [7, 11) is 0. The van der Waals surface area contributed by atoms with E-state index in [2.05, 4.69) is 23.6 Å². The van der Waals surface area contributed by atoms with Crippen LogP contribution in [0.2, 0.25) is 0 Å². The molecule has 0 aromatic carbocycles. The Labute approximate surface area is 112 Å². The number of hydrogen-bond donors (Lipinski definition) is 0. The first kappa shape index (κ1) is 12.7. The van der Waals surface area contributed by atoms with Crippen molar-refractivity contribution in [3.8, 4) is 0 Å². The van der Waals surface area contributed by atoms with Crippen LogP contribution in [0.25, 0.3) is 0 Å². The number of rotatable bonds is 2. The molecule has 0 bridgehead atoms. The minimum absolute atomic E-state index is 0.735. The van der Waals surface area contributed by atoms with Crippen molar-refractivity contribution >= 4 is 0 Å². The van der Waals surface area contributed by atoms with E-state index in [-0.39, 0.29) is 0 Å². The van der Waals surface area contributed by atoms with Gasteiger partial charge in [-0.15, -0.1) is 0 Å². The fraction of sp³-hybridized carbons (Fsp3) is 0.875. The standard InChI is InChI=1S/C16H28N2/c1-13(2)17-11-7-16(8-12-17)18-9-5-15(6-10-18)14-3-4-14/h13,16H,3-12H2,1-2H3. The van der Waals surface area contributed by atoms with Crippen LogP contribution in [0.5, 0.6) is 0 Å². The molecule has 0 aromatic heterocycles. The van der Waals surface area contributed by atoms with Crippen LogP contribution in [0.1, 0.15) is 52.4 Å². The van der Waals surface area contributed by atoms with E-state index < -0.39 is 0 Å². The molecule has 0 radical (unpaired) electrons. The average Bonchev–Trinajstić information content (AvgIpc) is 3.23. The van der Waals surface area contributed by atoms with Crippen molar-refractivity contribution < 1.29 is 0 Å². The van der Waals surface area contributed by atoms with Crippen molar-refractivity contribution in [3.63, 3.8) is 0 Å². The number of allylic oxidation sites excluding steroid dienone is 1. The predicted molar refractivity (Wildman–Crippen MR) is 76.8 cm³/mol. The topological polar surface area (TPSA) is 6.48 Å². The van der Waals surface area contributed by atoms with E-state index in [1.807, 2.05) is 11.1 Å². The summed E-state index contributed by atoms with van der Waals surface area (Å²) in [5, 5.41) is 0. The summed E-state index contributed by atoms with van der Waals surface area (Å²) >= 11 is 0. The Morgan fingerprint density at radius 2 is 1.39 bits per heavy atom. The van der Waals surface area contributed by atoms with E-state index in [0.717, 1.165) is 12.1 Å². The van der Waals surface area contributed by atoms with Gasteiger partial charge in [-0.1, -0.05) is 11.1 Å². The third-order valence-corrected chi connectivity index (χ3v) is 5.15. The van der Waals surface area contributed by atoms with Gasteiger partial charge in [0.05, 0.1) is 0 Å². The lowest BCUT2D eigenvalue weighted by atomic mass is 9.96. The fourth-order valence-corrected chi connectivity index (χ4v) is 3.70. The highest BCUT2D eigenvalue weighted by Gasteiger charge is 2.28. The highest BCUT2D eigenvalue weighted by molar-refractivity contribution is 5.26. The lowest BCUT2D eigenvalue weighted by Gasteiger charge is -2.41. The van der Waals surface area contributed by atoms with E-state index in [0.29, 0.717) is 0 Å². The van der Waals surface area contributed by atoms with Crippen molar-refractivity contribution in [2.75, 3.05) is 26.2 Å². The summed E-state index contributed by atoms with van der Waals surface area (Å²) < 4.78 is 0. The lowest BCUT2D eigenvalue weighted by Crippen LogP contribution is -2.48. The Morgan fingerprint density at radius 3 is 1.89 bits per heavy atom. The maximum absolute atomic E-state index is 2.78. The van der Waals surface area contributed by atoms with E-state index >= 15 is 0 Å². The van der Waals surface area contributed by atoms with Crippen LogP contribution in [0.4, 0.5) is 0 Å². The second-order valence-electron chi connectivity index (χ2n) is 6.60. The molecule has 3 rings (SSSR count). The molecule has 0 aromatic rings. The van der Waals surface area contributed by atoms with Crippen LogP contribution in [0, 0.1) is 0 Å². The maximum atomic E-state index is 2.78. The van der Waals surface area contributed by atoms with E-state index in [4.69, 9.17) is 0 Å². The smallest absolute Gasteiger partial charge is 0.0120 e. The normalized spacial score (nSPS) is 28.2. The second-order valence-corrected chi connectivity index (χ2v) is 6.60. The molecule has 2 heterocycles. The highest BCUT2D eigenvalue weighted by atomic mass is 15.2. The molecule has 2 heteroatoms. The molecule has 102 valence electrons. The molecular formula is C16H28N2. The Bertz CT molecular complexity index is 308. The van der Waals surface area contributed by atoms with Crippen LogP contribution < -0.4 is 0 Å². The highest BCUT2D eigenvalue weighted by Crippen LogP contribution is 2.36. The summed E-state index contributed by atoms with van der Waals surface area (Å²) in [6.07, 6.45) is 8.37. The van der Waals surface area contributed by atoms with E-state index in [1.165, 1.54) is 64.7 Å². The van der Waals surface area contributed by atoms with Gasteiger partial charge < -0.3 is 4.90 Å². The van der Waals surface area contributed by atoms with Gasteiger partial charge in [0.15, 0.2) is 0 Å². The first-order chi connectivity index (χ1) is 8.74. The van der Waals surface area contributed by atoms with Crippen molar-refractivity contribution in [2.45, 2.75) is 64.5 Å². The van der Waals surface area contributed by atoms with Gasteiger partial charge in [-0.3, -0.25) is 4.90 Å². The number of likely N-dealkylation sites (tertiary alicyclic amines) is 2. The quantitative estimate of drug-likeness (QED) is 0.693. The fourth-order valence-electron chi connectivity index (χ4n) is 3.70. The van der Waals surface area contributed by atoms with Gasteiger partial charge in [-0.25, -0.2) is 0 Å². The van der Waals surface area contributed by atoms with Gasteiger partial charge in [-0.05, 0) is 65.5 Å². The van der Waals surface area contributed by atoms with Crippen LogP contribution >= 0.6 is 0 Å². The molecule has 18 heavy (non-hydrogen) atoms. The molecule has 2 nitrogen and oxygen atoms in total. The molecule has 0 unspecified atom stereocenters. The Hall–Kier alpha value is -0.340. The maximum Gasteiger partial charge on any atom is 0.0120 e. The molecule has 3 aliphatic rings. The Balaban J connectivity index is 1.47. The predicted octanol–water partition coefficient (Wildman–Crippen LogP) is 3.05. The van der Waals surface area contributed by atoms with Crippen LogP contribution in [0.3, 0.4) is 0 Å². The minimum atomic E-state index is 0.735. The summed E-state index contributed by atoms with van der Waals surface area (Å²) in [6, 6.07) is 1.62. The van der Waals surface area contributed by atoms with Crippen molar-refractivity contribution in [2.24, 2.45) is 0 Å². The number of hydrogen-bond acceptors (Lipinski definition) is 2. The largest absolute Gasteiger partial charge is 0.301 e. The molecule has 0 N–H and O–H groups in total. The molecule has 2 saturated heterocycles. The SMILES string of the molecule is CC(C)N1CCC(N2CCC(=C3CC3)CC2)CC1. The molecule has 0 amide bonds. The summed E-state index contributed by atoms with van der Waals surface area (Å²) in [5.41, 5.74) is 3.63. The van der Waals surface area contributed by atoms with Crippen LogP contribution in [-0.2, 0) is 0 Å². The monoisotopic (exact) mass is 248 g/mol. The minimum Gasteiger partial charge on any atom is -0.301 e. The molecule has 3 fully saturated rings. The van der Waals surface area contributed by atoms with Gasteiger partial charge in [0.25, 0.3) is 0 Å². The van der Waals surface area contributed by atoms with Crippen molar-refractivity contribution in [3.05, 3.63) is 11.1 Å². The number of nitrogens with zero attached hydrogens (tertiary/aromatic N) is 2. The van der Waals surface area contributed by atoms with Gasteiger partial charge in [0.2, 0.25) is 0 Å². The van der Waals surface area contributed by atoms with E-state index in [1.54, 1.807) is 0 Å². The second kappa shape index (κ2) is 5.34. The molecular weight excluding hydrogens is 220 g/mol. The van der Waals surface area contributed by atoms with Gasteiger partial charge >= 0.3 is 0 Å². The zero-order valence-electron chi connectivity index (χ0n) is 12.1. The van der Waals surface area contributed by atoms with Gasteiger partial charge in [0, 0.05) is 25.2 Å². The van der Waals surface area contributed by atoms with Gasteiger partial charge in [-0.2, -0.15) is 0 Å². The molecule has 0 atom stereocenters. The van der Waals surface area contributed by atoms with Gasteiger partial charge in [0.1, 0.15) is 0 Å². The molecule has 2 aliphatic heterocycles. The zero-order valence-corrected chi connectivity index (χ0v) is 12.1. The van der Waals surface area contributed by atoms with Crippen molar-refractivity contribution in [1.82, 2.24) is 9.80 Å².